The molecule has 92 valence electrons. The van der Waals surface area contributed by atoms with Crippen LogP contribution in [0.25, 0.3) is 5.65 Å². The Balaban J connectivity index is 2.04. The topological polar surface area (TPSA) is 73.3 Å². The van der Waals surface area contributed by atoms with E-state index in [1.807, 2.05) is 0 Å². The molecular weight excluding hydrogens is 235 g/mol. The predicted octanol–water partition coefficient (Wildman–Crippen LogP) is 0.681. The van der Waals surface area contributed by atoms with Crippen LogP contribution in [0.4, 0.5) is 4.39 Å². The number of aromatic nitrogens is 3. The molecule has 0 aromatic carbocycles. The number of amides is 1. The highest BCUT2D eigenvalue weighted by Gasteiger charge is 2.64. The largest absolute Gasteiger partial charge is 0.369 e. The fourth-order valence-corrected chi connectivity index (χ4v) is 3.18. The van der Waals surface area contributed by atoms with Crippen LogP contribution in [0.5, 0.6) is 0 Å². The number of nitrogens with zero attached hydrogens (tertiary/aromatic N) is 3. The Morgan fingerprint density at radius 3 is 3.00 bits per heavy atom. The third kappa shape index (κ3) is 0.989. The molecule has 0 saturated heterocycles. The fourth-order valence-electron chi connectivity index (χ4n) is 3.18. The molecule has 2 aromatic heterocycles. The van der Waals surface area contributed by atoms with Gasteiger partial charge in [0.05, 0.1) is 17.8 Å². The van der Waals surface area contributed by atoms with Crippen LogP contribution < -0.4 is 5.73 Å². The molecule has 6 heteroatoms. The highest BCUT2D eigenvalue weighted by molar-refractivity contribution is 5.84. The number of primary amides is 1. The summed E-state index contributed by atoms with van der Waals surface area (Å²) in [6.45, 7) is 0. The minimum atomic E-state index is -0.907. The zero-order valence-corrected chi connectivity index (χ0v) is 9.51. The smallest absolute Gasteiger partial charge is 0.225 e. The molecule has 2 N–H and O–H groups in total. The van der Waals surface area contributed by atoms with Gasteiger partial charge in [-0.15, -0.1) is 0 Å². The van der Waals surface area contributed by atoms with Gasteiger partial charge in [-0.25, -0.2) is 13.9 Å². The lowest BCUT2D eigenvalue weighted by Crippen LogP contribution is -2.20. The summed E-state index contributed by atoms with van der Waals surface area (Å²) in [6.07, 6.45) is 3.25. The molecule has 1 fully saturated rings. The Bertz CT molecular complexity index is 682. The van der Waals surface area contributed by atoms with Gasteiger partial charge >= 0.3 is 0 Å². The van der Waals surface area contributed by atoms with E-state index in [0.717, 1.165) is 11.3 Å². The fraction of sp³-hybridized carbons (Fsp3) is 0.417. The molecule has 18 heavy (non-hydrogen) atoms. The first kappa shape index (κ1) is 9.99. The predicted molar refractivity (Wildman–Crippen MR) is 60.7 cm³/mol. The molecule has 5 nitrogen and oxygen atoms in total. The average molecular weight is 246 g/mol. The van der Waals surface area contributed by atoms with E-state index in [4.69, 9.17) is 5.73 Å². The first-order valence-corrected chi connectivity index (χ1v) is 5.90. The standard InChI is InChI=1S/C12H11FN4O/c13-8-4-12(8)3-6(11(14)18)7-5-15-9-1-2-16-17(9)10(7)12/h1-2,5-6,8H,3-4H2,(H2,14,18). The van der Waals surface area contributed by atoms with Gasteiger partial charge in [-0.2, -0.15) is 5.10 Å². The van der Waals surface area contributed by atoms with Crippen molar-refractivity contribution < 1.29 is 9.18 Å². The van der Waals surface area contributed by atoms with Crippen LogP contribution in [0.3, 0.4) is 0 Å². The summed E-state index contributed by atoms with van der Waals surface area (Å²) in [5.41, 5.74) is 7.04. The van der Waals surface area contributed by atoms with Crippen LogP contribution in [-0.2, 0) is 10.2 Å². The Labute approximate surface area is 102 Å². The van der Waals surface area contributed by atoms with Crippen molar-refractivity contribution >= 4 is 11.6 Å². The number of halogens is 1. The number of hydrogen-bond donors (Lipinski definition) is 1. The van der Waals surface area contributed by atoms with Crippen molar-refractivity contribution in [2.24, 2.45) is 5.73 Å². The Hall–Kier alpha value is -1.98. The van der Waals surface area contributed by atoms with Crippen LogP contribution in [-0.4, -0.2) is 26.7 Å². The van der Waals surface area contributed by atoms with Gasteiger partial charge in [0.15, 0.2) is 5.65 Å². The van der Waals surface area contributed by atoms with Gasteiger partial charge in [0.2, 0.25) is 5.91 Å². The normalized spacial score (nSPS) is 32.9. The van der Waals surface area contributed by atoms with Crippen molar-refractivity contribution in [3.63, 3.8) is 0 Å². The first-order valence-electron chi connectivity index (χ1n) is 5.90. The van der Waals surface area contributed by atoms with Crippen molar-refractivity contribution in [2.75, 3.05) is 0 Å². The third-order valence-electron chi connectivity index (χ3n) is 4.19. The van der Waals surface area contributed by atoms with Crippen LogP contribution >= 0.6 is 0 Å². The zero-order valence-electron chi connectivity index (χ0n) is 9.51. The molecule has 1 saturated carbocycles. The maximum atomic E-state index is 13.8. The molecule has 2 heterocycles. The zero-order chi connectivity index (χ0) is 12.5. The van der Waals surface area contributed by atoms with Crippen LogP contribution in [0, 0.1) is 0 Å². The lowest BCUT2D eigenvalue weighted by Gasteiger charge is -2.09. The Morgan fingerprint density at radius 1 is 1.56 bits per heavy atom. The van der Waals surface area contributed by atoms with Crippen LogP contribution in [0.2, 0.25) is 0 Å². The van der Waals surface area contributed by atoms with E-state index in [2.05, 4.69) is 10.1 Å². The van der Waals surface area contributed by atoms with Crippen LogP contribution in [0.1, 0.15) is 30.0 Å². The lowest BCUT2D eigenvalue weighted by atomic mass is 9.99. The molecule has 1 spiro atoms. The molecule has 3 unspecified atom stereocenters. The molecule has 4 rings (SSSR count). The van der Waals surface area contributed by atoms with E-state index in [-0.39, 0.29) is 0 Å². The van der Waals surface area contributed by atoms with E-state index in [0.29, 0.717) is 18.5 Å². The SMILES string of the molecule is NC(=O)C1CC2(CC2F)c2c1cnc1ccnn21. The molecule has 0 aliphatic heterocycles. The Morgan fingerprint density at radius 2 is 2.33 bits per heavy atom. The second-order valence-corrected chi connectivity index (χ2v) is 5.15. The minimum Gasteiger partial charge on any atom is -0.369 e. The molecular formula is C12H11FN4O. The first-order chi connectivity index (χ1) is 8.63. The quantitative estimate of drug-likeness (QED) is 0.804. The van der Waals surface area contributed by atoms with Crippen molar-refractivity contribution in [3.8, 4) is 0 Å². The summed E-state index contributed by atoms with van der Waals surface area (Å²) in [4.78, 5) is 15.7. The summed E-state index contributed by atoms with van der Waals surface area (Å²) in [6, 6.07) is 1.77. The van der Waals surface area contributed by atoms with Gasteiger partial charge in [0.1, 0.15) is 6.17 Å². The highest BCUT2D eigenvalue weighted by atomic mass is 19.1. The maximum Gasteiger partial charge on any atom is 0.225 e. The van der Waals surface area contributed by atoms with E-state index >= 15 is 0 Å². The van der Waals surface area contributed by atoms with E-state index in [9.17, 15) is 9.18 Å². The molecule has 0 radical (unpaired) electrons. The van der Waals surface area contributed by atoms with Gasteiger partial charge < -0.3 is 5.73 Å². The van der Waals surface area contributed by atoms with Gasteiger partial charge in [-0.05, 0) is 12.8 Å². The van der Waals surface area contributed by atoms with Crippen LogP contribution in [0.15, 0.2) is 18.5 Å². The van der Waals surface area contributed by atoms with E-state index in [1.165, 1.54) is 0 Å². The van der Waals surface area contributed by atoms with Gasteiger partial charge in [0.25, 0.3) is 0 Å². The summed E-state index contributed by atoms with van der Waals surface area (Å²) in [5.74, 6) is -0.859. The number of alkyl halides is 1. The molecule has 2 aromatic rings. The van der Waals surface area contributed by atoms with Gasteiger partial charge in [-0.1, -0.05) is 0 Å². The number of carbonyl (C=O) groups excluding carboxylic acids is 1. The van der Waals surface area contributed by atoms with Crippen molar-refractivity contribution in [1.82, 2.24) is 14.6 Å². The summed E-state index contributed by atoms with van der Waals surface area (Å²) < 4.78 is 15.5. The second kappa shape index (κ2) is 2.88. The van der Waals surface area contributed by atoms with E-state index < -0.39 is 23.4 Å². The highest BCUT2D eigenvalue weighted by Crippen LogP contribution is 2.61. The molecule has 0 bridgehead atoms. The number of hydrogen-bond acceptors (Lipinski definition) is 3. The van der Waals surface area contributed by atoms with Gasteiger partial charge in [0, 0.05) is 23.2 Å². The van der Waals surface area contributed by atoms with Gasteiger partial charge in [-0.3, -0.25) is 4.79 Å². The summed E-state index contributed by atoms with van der Waals surface area (Å²) >= 11 is 0. The molecule has 2 aliphatic rings. The lowest BCUT2D eigenvalue weighted by molar-refractivity contribution is -0.119. The minimum absolute atomic E-state index is 0.416. The van der Waals surface area contributed by atoms with E-state index in [1.54, 1.807) is 23.0 Å². The van der Waals surface area contributed by atoms with Crippen molar-refractivity contribution in [3.05, 3.63) is 29.7 Å². The number of nitrogens with two attached hydrogens (primary N) is 1. The summed E-state index contributed by atoms with van der Waals surface area (Å²) in [7, 11) is 0. The third-order valence-corrected chi connectivity index (χ3v) is 4.19. The molecule has 1 amide bonds. The average Bonchev–Trinajstić information content (AvgIpc) is 2.74. The Kier molecular flexibility index (Phi) is 1.60. The molecule has 2 aliphatic carbocycles. The van der Waals surface area contributed by atoms with Crippen molar-refractivity contribution in [1.29, 1.82) is 0 Å². The maximum absolute atomic E-state index is 13.8. The second-order valence-electron chi connectivity index (χ2n) is 5.15. The molecule has 3 atom stereocenters. The van der Waals surface area contributed by atoms with Crippen molar-refractivity contribution in [2.45, 2.75) is 30.3 Å². The number of fused-ring (bicyclic) bond motifs is 4. The summed E-state index contributed by atoms with van der Waals surface area (Å²) in [5, 5.41) is 4.19. The number of carbonyl (C=O) groups is 1. The number of rotatable bonds is 1. The monoisotopic (exact) mass is 246 g/mol.